The van der Waals surface area contributed by atoms with Gasteiger partial charge in [-0.05, 0) is 0 Å². The summed E-state index contributed by atoms with van der Waals surface area (Å²) >= 11 is 0. The molecule has 0 radical (unpaired) electrons. The Morgan fingerprint density at radius 1 is 1.17 bits per heavy atom. The van der Waals surface area contributed by atoms with Gasteiger partial charge in [0.15, 0.2) is 0 Å². The van der Waals surface area contributed by atoms with Gasteiger partial charge in [-0.25, -0.2) is 4.79 Å². The second-order valence-electron chi connectivity index (χ2n) is 0.283. The van der Waals surface area contributed by atoms with Crippen LogP contribution in [-0.2, 0) is 54.6 Å². The van der Waals surface area contributed by atoms with Gasteiger partial charge in [0.1, 0.15) is 0 Å². The predicted molar refractivity (Wildman–Crippen MR) is 10.7 cm³/mol. The Hall–Kier alpha value is 1.11. The maximum Gasteiger partial charge on any atom is 0.503 e. The zero-order valence-corrected chi connectivity index (χ0v) is 11.3. The van der Waals surface area contributed by atoms with Crippen LogP contribution in [0.1, 0.15) is 0 Å². The van der Waals surface area contributed by atoms with Crippen LogP contribution in [0.15, 0.2) is 0 Å². The summed E-state index contributed by atoms with van der Waals surface area (Å²) < 4.78 is 0. The molecular formula is CH2Cd2O3. The first-order valence-electron chi connectivity index (χ1n) is 0.651. The van der Waals surface area contributed by atoms with E-state index in [1.165, 1.54) is 0 Å². The smallest absolute Gasteiger partial charge is 0.450 e. The van der Waals surface area contributed by atoms with Crippen LogP contribution < -0.4 is 0 Å². The third kappa shape index (κ3) is 69.7. The third-order valence-corrected chi connectivity index (χ3v) is 0. The summed E-state index contributed by atoms with van der Waals surface area (Å²) in [6.07, 6.45) is -1.83. The Kier molecular flexibility index (Phi) is 24.7. The first-order valence-corrected chi connectivity index (χ1v) is 0.651. The van der Waals surface area contributed by atoms with E-state index in [0.717, 1.165) is 0 Å². The van der Waals surface area contributed by atoms with Gasteiger partial charge in [0.25, 0.3) is 0 Å². The molecular weight excluding hydrogens is 285 g/mol. The fourth-order valence-corrected chi connectivity index (χ4v) is 0. The minimum atomic E-state index is -1.83. The molecule has 0 atom stereocenters. The van der Waals surface area contributed by atoms with E-state index in [1.54, 1.807) is 0 Å². The quantitative estimate of drug-likeness (QED) is 0.626. The molecule has 0 aliphatic heterocycles. The summed E-state index contributed by atoms with van der Waals surface area (Å²) in [4.78, 5) is 8.56. The molecule has 0 aromatic carbocycles. The van der Waals surface area contributed by atoms with Crippen molar-refractivity contribution in [1.82, 2.24) is 0 Å². The van der Waals surface area contributed by atoms with Crippen LogP contribution in [0.5, 0.6) is 0 Å². The molecule has 0 spiro atoms. The van der Waals surface area contributed by atoms with E-state index in [-0.39, 0.29) is 54.6 Å². The van der Waals surface area contributed by atoms with Gasteiger partial charge >= 0.3 is 6.16 Å². The van der Waals surface area contributed by atoms with Crippen LogP contribution in [0, 0.1) is 0 Å². The van der Waals surface area contributed by atoms with Crippen LogP contribution in [0.3, 0.4) is 0 Å². The molecule has 0 fully saturated rings. The van der Waals surface area contributed by atoms with Gasteiger partial charge in [0.2, 0.25) is 0 Å². The van der Waals surface area contributed by atoms with Gasteiger partial charge in [-0.2, -0.15) is 0 Å². The topological polar surface area (TPSA) is 57.5 Å². The summed E-state index contributed by atoms with van der Waals surface area (Å²) in [6.45, 7) is 0. The summed E-state index contributed by atoms with van der Waals surface area (Å²) in [5.74, 6) is 0. The van der Waals surface area contributed by atoms with Gasteiger partial charge in [-0.15, -0.1) is 0 Å². The average Bonchev–Trinajstić information content (AvgIpc) is 0.811. The van der Waals surface area contributed by atoms with Crippen molar-refractivity contribution >= 4 is 6.16 Å². The fraction of sp³-hybridized carbons (Fsp3) is 0. The number of carbonyl (C=O) groups is 1. The minimum Gasteiger partial charge on any atom is -0.450 e. The maximum absolute atomic E-state index is 8.56. The summed E-state index contributed by atoms with van der Waals surface area (Å²) in [5.41, 5.74) is 0. The first-order chi connectivity index (χ1) is 1.73. The van der Waals surface area contributed by atoms with Crippen molar-refractivity contribution in [3.63, 3.8) is 0 Å². The molecule has 0 amide bonds. The van der Waals surface area contributed by atoms with E-state index in [2.05, 4.69) is 0 Å². The minimum absolute atomic E-state index is 0. The predicted octanol–water partition coefficient (Wildman–Crippen LogP) is 0.217. The Balaban J connectivity index is -0.0000000450. The van der Waals surface area contributed by atoms with Crippen molar-refractivity contribution in [3.05, 3.63) is 0 Å². The molecule has 3 nitrogen and oxygen atoms in total. The molecule has 0 aromatic rings. The molecule has 0 aliphatic carbocycles. The molecule has 6 heavy (non-hydrogen) atoms. The fourth-order valence-electron chi connectivity index (χ4n) is 0. The molecule has 2 N–H and O–H groups in total. The Bertz CT molecular complexity index is 31.8. The molecule has 0 bridgehead atoms. The van der Waals surface area contributed by atoms with E-state index in [0.29, 0.717) is 0 Å². The van der Waals surface area contributed by atoms with Crippen LogP contribution >= 0.6 is 0 Å². The number of hydrogen-bond donors (Lipinski definition) is 2. The van der Waals surface area contributed by atoms with Crippen molar-refractivity contribution in [1.29, 1.82) is 0 Å². The number of hydrogen-bond acceptors (Lipinski definition) is 1. The van der Waals surface area contributed by atoms with Crippen LogP contribution in [0.2, 0.25) is 0 Å². The zero-order chi connectivity index (χ0) is 3.58. The zero-order valence-electron chi connectivity index (χ0n) is 3.22. The summed E-state index contributed by atoms with van der Waals surface area (Å²) in [6, 6.07) is 0. The SMILES string of the molecule is O=C(O)O.[Cd].[Cd]. The van der Waals surface area contributed by atoms with E-state index >= 15 is 0 Å². The van der Waals surface area contributed by atoms with Crippen molar-refractivity contribution in [2.75, 3.05) is 0 Å². The second-order valence-corrected chi connectivity index (χ2v) is 0.283. The standard InChI is InChI=1S/CH2O3.2Cd/c2-1(3)4;;/h(H2,2,3,4);;. The largest absolute Gasteiger partial charge is 0.503 e. The average molecular weight is 287 g/mol. The molecule has 0 heterocycles. The molecule has 5 heteroatoms. The molecule has 28 valence electrons. The number of rotatable bonds is 0. The molecule has 0 saturated heterocycles. The second kappa shape index (κ2) is 9.45. The van der Waals surface area contributed by atoms with Crippen LogP contribution in [0.4, 0.5) is 4.79 Å². The van der Waals surface area contributed by atoms with E-state index in [4.69, 9.17) is 15.0 Å². The van der Waals surface area contributed by atoms with Gasteiger partial charge in [0.05, 0.1) is 0 Å². The monoisotopic (exact) mass is 290 g/mol. The normalized spacial score (nSPS) is 4.00. The van der Waals surface area contributed by atoms with E-state index < -0.39 is 6.16 Å². The van der Waals surface area contributed by atoms with Gasteiger partial charge in [0, 0.05) is 54.6 Å². The van der Waals surface area contributed by atoms with Gasteiger partial charge < -0.3 is 10.2 Å². The molecule has 0 rings (SSSR count). The van der Waals surface area contributed by atoms with Crippen molar-refractivity contribution in [3.8, 4) is 0 Å². The summed E-state index contributed by atoms with van der Waals surface area (Å²) in [5, 5.41) is 13.9. The first kappa shape index (κ1) is 15.7. The number of carboxylic acid groups (broad SMARTS) is 2. The molecule has 0 saturated carbocycles. The third-order valence-electron chi connectivity index (χ3n) is 0. The van der Waals surface area contributed by atoms with Gasteiger partial charge in [-0.1, -0.05) is 0 Å². The van der Waals surface area contributed by atoms with E-state index in [9.17, 15) is 0 Å². The summed E-state index contributed by atoms with van der Waals surface area (Å²) in [7, 11) is 0. The van der Waals surface area contributed by atoms with Crippen LogP contribution in [0.25, 0.3) is 0 Å². The van der Waals surface area contributed by atoms with Gasteiger partial charge in [-0.3, -0.25) is 0 Å². The Morgan fingerprint density at radius 2 is 1.17 bits per heavy atom. The molecule has 0 aromatic heterocycles. The van der Waals surface area contributed by atoms with Crippen molar-refractivity contribution < 1.29 is 69.6 Å². The molecule has 0 unspecified atom stereocenters. The van der Waals surface area contributed by atoms with E-state index in [1.807, 2.05) is 0 Å². The van der Waals surface area contributed by atoms with Crippen molar-refractivity contribution in [2.24, 2.45) is 0 Å². The van der Waals surface area contributed by atoms with Crippen molar-refractivity contribution in [2.45, 2.75) is 0 Å². The van der Waals surface area contributed by atoms with Crippen LogP contribution in [-0.4, -0.2) is 16.4 Å². The maximum atomic E-state index is 8.56. The molecule has 0 aliphatic rings. The Labute approximate surface area is 75.1 Å². The Morgan fingerprint density at radius 3 is 1.17 bits per heavy atom.